The Balaban J connectivity index is 2.30. The van der Waals surface area contributed by atoms with Gasteiger partial charge in [-0.3, -0.25) is 4.90 Å². The van der Waals surface area contributed by atoms with Gasteiger partial charge in [-0.05, 0) is 32.2 Å². The Morgan fingerprint density at radius 3 is 2.14 bits per heavy atom. The minimum atomic E-state index is 0.309. The molecule has 1 unspecified atom stereocenters. The van der Waals surface area contributed by atoms with Crippen LogP contribution in [0, 0.1) is 5.41 Å². The predicted molar refractivity (Wildman–Crippen MR) is 94.9 cm³/mol. The molecular formula is C19H40N2. The Labute approximate surface area is 134 Å². The van der Waals surface area contributed by atoms with Crippen molar-refractivity contribution < 1.29 is 0 Å². The van der Waals surface area contributed by atoms with Crippen molar-refractivity contribution >= 4 is 0 Å². The van der Waals surface area contributed by atoms with Crippen LogP contribution in [0.5, 0.6) is 0 Å². The first-order valence-electron chi connectivity index (χ1n) is 9.26. The van der Waals surface area contributed by atoms with Gasteiger partial charge in [-0.25, -0.2) is 0 Å². The zero-order valence-corrected chi connectivity index (χ0v) is 15.6. The smallest absolute Gasteiger partial charge is 0.0278 e. The molecule has 0 aliphatic carbocycles. The van der Waals surface area contributed by atoms with Crippen molar-refractivity contribution in [2.45, 2.75) is 98.1 Å². The Hall–Kier alpha value is -0.0800. The predicted octanol–water partition coefficient (Wildman–Crippen LogP) is 4.84. The SMILES string of the molecule is CCCCCCCCCN1CC(C(C)(C)C)NCC1(C)C. The van der Waals surface area contributed by atoms with Crippen molar-refractivity contribution in [2.75, 3.05) is 19.6 Å². The molecule has 1 aliphatic rings. The van der Waals surface area contributed by atoms with E-state index >= 15 is 0 Å². The van der Waals surface area contributed by atoms with Crippen molar-refractivity contribution in [1.29, 1.82) is 0 Å². The van der Waals surface area contributed by atoms with Gasteiger partial charge in [-0.1, -0.05) is 66.2 Å². The lowest BCUT2D eigenvalue weighted by Crippen LogP contribution is -2.64. The van der Waals surface area contributed by atoms with Crippen molar-refractivity contribution in [3.63, 3.8) is 0 Å². The van der Waals surface area contributed by atoms with Gasteiger partial charge in [0, 0.05) is 24.7 Å². The fourth-order valence-electron chi connectivity index (χ4n) is 3.25. The Morgan fingerprint density at radius 1 is 1.00 bits per heavy atom. The molecule has 0 bridgehead atoms. The second kappa shape index (κ2) is 8.53. The van der Waals surface area contributed by atoms with Crippen LogP contribution in [0.2, 0.25) is 0 Å². The Kier molecular flexibility index (Phi) is 7.70. The van der Waals surface area contributed by atoms with Crippen molar-refractivity contribution in [1.82, 2.24) is 10.2 Å². The van der Waals surface area contributed by atoms with Crippen LogP contribution < -0.4 is 5.32 Å². The number of rotatable bonds is 8. The van der Waals surface area contributed by atoms with Crippen molar-refractivity contribution in [3.05, 3.63) is 0 Å². The van der Waals surface area contributed by atoms with Crippen LogP contribution >= 0.6 is 0 Å². The summed E-state index contributed by atoms with van der Waals surface area (Å²) in [4.78, 5) is 2.73. The van der Waals surface area contributed by atoms with Crippen LogP contribution in [0.1, 0.15) is 86.5 Å². The molecule has 0 aromatic heterocycles. The number of piperazine rings is 1. The van der Waals surface area contributed by atoms with Gasteiger partial charge < -0.3 is 5.32 Å². The molecule has 21 heavy (non-hydrogen) atoms. The van der Waals surface area contributed by atoms with Crippen molar-refractivity contribution in [2.24, 2.45) is 5.41 Å². The summed E-state index contributed by atoms with van der Waals surface area (Å²) in [5.74, 6) is 0. The minimum Gasteiger partial charge on any atom is -0.310 e. The van der Waals surface area contributed by atoms with E-state index in [0.29, 0.717) is 17.0 Å². The lowest BCUT2D eigenvalue weighted by atomic mass is 9.82. The summed E-state index contributed by atoms with van der Waals surface area (Å²) in [5, 5.41) is 3.76. The molecule has 0 aromatic carbocycles. The number of unbranched alkanes of at least 4 members (excludes halogenated alkanes) is 6. The highest BCUT2D eigenvalue weighted by molar-refractivity contribution is 4.96. The molecule has 0 amide bonds. The first-order valence-corrected chi connectivity index (χ1v) is 9.26. The first-order chi connectivity index (χ1) is 9.77. The summed E-state index contributed by atoms with van der Waals surface area (Å²) >= 11 is 0. The molecule has 2 heteroatoms. The summed E-state index contributed by atoms with van der Waals surface area (Å²) in [6, 6.07) is 0.620. The summed E-state index contributed by atoms with van der Waals surface area (Å²) in [7, 11) is 0. The van der Waals surface area contributed by atoms with E-state index in [9.17, 15) is 0 Å². The maximum Gasteiger partial charge on any atom is 0.0278 e. The number of nitrogens with zero attached hydrogens (tertiary/aromatic N) is 1. The summed E-state index contributed by atoms with van der Waals surface area (Å²) in [5.41, 5.74) is 0.666. The van der Waals surface area contributed by atoms with Crippen LogP contribution in [0.25, 0.3) is 0 Å². The maximum absolute atomic E-state index is 3.76. The zero-order valence-electron chi connectivity index (χ0n) is 15.6. The quantitative estimate of drug-likeness (QED) is 0.645. The van der Waals surface area contributed by atoms with Gasteiger partial charge in [0.1, 0.15) is 0 Å². The fourth-order valence-corrected chi connectivity index (χ4v) is 3.25. The lowest BCUT2D eigenvalue weighted by Gasteiger charge is -2.49. The third-order valence-corrected chi connectivity index (χ3v) is 5.12. The van der Waals surface area contributed by atoms with Gasteiger partial charge in [0.05, 0.1) is 0 Å². The van der Waals surface area contributed by atoms with Crippen LogP contribution in [-0.2, 0) is 0 Å². The van der Waals surface area contributed by atoms with Gasteiger partial charge in [0.15, 0.2) is 0 Å². The summed E-state index contributed by atoms with van der Waals surface area (Å²) in [6.07, 6.45) is 9.83. The molecule has 0 aromatic rings. The molecule has 1 N–H and O–H groups in total. The number of hydrogen-bond acceptors (Lipinski definition) is 2. The van der Waals surface area contributed by atoms with Gasteiger partial charge in [-0.15, -0.1) is 0 Å². The number of nitrogens with one attached hydrogen (secondary N) is 1. The molecule has 126 valence electrons. The Bertz CT molecular complexity index is 278. The highest BCUT2D eigenvalue weighted by Crippen LogP contribution is 2.27. The van der Waals surface area contributed by atoms with E-state index in [2.05, 4.69) is 51.8 Å². The van der Waals surface area contributed by atoms with E-state index in [1.54, 1.807) is 0 Å². The molecule has 1 rings (SSSR count). The average molecular weight is 297 g/mol. The van der Waals surface area contributed by atoms with E-state index in [-0.39, 0.29) is 0 Å². The topological polar surface area (TPSA) is 15.3 Å². The van der Waals surface area contributed by atoms with Crippen LogP contribution in [0.15, 0.2) is 0 Å². The largest absolute Gasteiger partial charge is 0.310 e. The molecule has 1 aliphatic heterocycles. The third kappa shape index (κ3) is 6.69. The van der Waals surface area contributed by atoms with E-state index in [4.69, 9.17) is 0 Å². The minimum absolute atomic E-state index is 0.309. The molecular weight excluding hydrogens is 256 g/mol. The van der Waals surface area contributed by atoms with Crippen LogP contribution in [0.4, 0.5) is 0 Å². The Morgan fingerprint density at radius 2 is 1.57 bits per heavy atom. The van der Waals surface area contributed by atoms with E-state index in [0.717, 1.165) is 6.54 Å². The second-order valence-corrected chi connectivity index (χ2v) is 8.68. The maximum atomic E-state index is 3.76. The molecule has 1 saturated heterocycles. The fraction of sp³-hybridized carbons (Fsp3) is 1.00. The van der Waals surface area contributed by atoms with Crippen LogP contribution in [0.3, 0.4) is 0 Å². The zero-order chi connectivity index (χ0) is 15.9. The van der Waals surface area contributed by atoms with Gasteiger partial charge in [0.2, 0.25) is 0 Å². The molecule has 0 radical (unpaired) electrons. The molecule has 1 fully saturated rings. The highest BCUT2D eigenvalue weighted by Gasteiger charge is 2.37. The van der Waals surface area contributed by atoms with Crippen LogP contribution in [-0.4, -0.2) is 36.1 Å². The number of hydrogen-bond donors (Lipinski definition) is 1. The normalized spacial score (nSPS) is 23.4. The summed E-state index contributed by atoms with van der Waals surface area (Å²) < 4.78 is 0. The van der Waals surface area contributed by atoms with E-state index < -0.39 is 0 Å². The van der Waals surface area contributed by atoms with E-state index in [1.807, 2.05) is 0 Å². The van der Waals surface area contributed by atoms with Gasteiger partial charge in [0.25, 0.3) is 0 Å². The molecule has 0 saturated carbocycles. The second-order valence-electron chi connectivity index (χ2n) is 8.68. The molecule has 2 nitrogen and oxygen atoms in total. The van der Waals surface area contributed by atoms with Gasteiger partial charge in [-0.2, -0.15) is 0 Å². The summed E-state index contributed by atoms with van der Waals surface area (Å²) in [6.45, 7) is 17.7. The first kappa shape index (κ1) is 19.0. The monoisotopic (exact) mass is 296 g/mol. The molecule has 0 spiro atoms. The molecule has 1 atom stereocenters. The molecule has 1 heterocycles. The van der Waals surface area contributed by atoms with Gasteiger partial charge >= 0.3 is 0 Å². The third-order valence-electron chi connectivity index (χ3n) is 5.12. The lowest BCUT2D eigenvalue weighted by molar-refractivity contribution is 0.0347. The average Bonchev–Trinajstić information content (AvgIpc) is 2.37. The van der Waals surface area contributed by atoms with E-state index in [1.165, 1.54) is 58.0 Å². The van der Waals surface area contributed by atoms with Crippen molar-refractivity contribution in [3.8, 4) is 0 Å². The standard InChI is InChI=1S/C19H40N2/c1-7-8-9-10-11-12-13-14-21-15-17(18(2,3)4)20-16-19(21,5)6/h17,20H,7-16H2,1-6H3. The highest BCUT2D eigenvalue weighted by atomic mass is 15.3.